The average Bonchev–Trinajstić information content (AvgIpc) is 3.19. The molecule has 0 fully saturated rings. The fraction of sp³-hybridized carbons (Fsp3) is 0.863. The number of carboxylic acids is 1. The summed E-state index contributed by atoms with van der Waals surface area (Å²) in [7, 11) is 5.53. The summed E-state index contributed by atoms with van der Waals surface area (Å²) < 4.78 is 17.3. The molecule has 0 aliphatic heterocycles. The van der Waals surface area contributed by atoms with Gasteiger partial charge in [0.2, 0.25) is 0 Å². The van der Waals surface area contributed by atoms with Gasteiger partial charge in [0.15, 0.2) is 12.1 Å². The van der Waals surface area contributed by atoms with Gasteiger partial charge in [0.05, 0.1) is 34.4 Å². The summed E-state index contributed by atoms with van der Waals surface area (Å²) in [5.41, 5.74) is 0. The molecule has 8 heteroatoms. The van der Waals surface area contributed by atoms with E-state index in [2.05, 4.69) is 38.2 Å². The number of ether oxygens (including phenoxy) is 3. The van der Waals surface area contributed by atoms with Crippen LogP contribution in [-0.2, 0) is 28.6 Å². The van der Waals surface area contributed by atoms with Gasteiger partial charge in [0.25, 0.3) is 0 Å². The van der Waals surface area contributed by atoms with Crippen LogP contribution in [0.1, 0.15) is 232 Å². The summed E-state index contributed by atoms with van der Waals surface area (Å²) in [6.07, 6.45) is 47.9. The summed E-state index contributed by atoms with van der Waals surface area (Å²) in [4.78, 5) is 37.1. The first-order valence-corrected chi connectivity index (χ1v) is 24.9. The number of rotatable bonds is 45. The van der Waals surface area contributed by atoms with Crippen molar-refractivity contribution in [2.24, 2.45) is 0 Å². The second kappa shape index (κ2) is 42.5. The normalized spacial score (nSPS) is 13.0. The summed E-state index contributed by atoms with van der Waals surface area (Å²) in [6, 6.07) is -0.615. The highest BCUT2D eigenvalue weighted by Gasteiger charge is 2.31. The Balaban J connectivity index is 4.28. The molecule has 0 radical (unpaired) electrons. The third kappa shape index (κ3) is 41.0. The average molecular weight is 835 g/mol. The summed E-state index contributed by atoms with van der Waals surface area (Å²) in [5.74, 6) is -1.47. The van der Waals surface area contributed by atoms with Crippen molar-refractivity contribution in [1.82, 2.24) is 0 Å². The Morgan fingerprint density at radius 3 is 1.22 bits per heavy atom. The SMILES string of the molecule is CCCCCCCC/C=C/CCCCCCCCCC(=O)OCC(COCCC(C(=O)O)[N+](C)(C)C)OC(=O)CCCCCCC/C=C/CCCCCCCCCCC. The Morgan fingerprint density at radius 1 is 0.492 bits per heavy atom. The van der Waals surface area contributed by atoms with Gasteiger partial charge in [0.1, 0.15) is 6.61 Å². The van der Waals surface area contributed by atoms with Gasteiger partial charge in [0, 0.05) is 19.3 Å². The van der Waals surface area contributed by atoms with Gasteiger partial charge in [-0.1, -0.05) is 173 Å². The number of carbonyl (C=O) groups is 3. The van der Waals surface area contributed by atoms with Gasteiger partial charge >= 0.3 is 17.9 Å². The lowest BCUT2D eigenvalue weighted by atomic mass is 10.1. The van der Waals surface area contributed by atoms with Crippen LogP contribution < -0.4 is 0 Å². The zero-order valence-corrected chi connectivity index (χ0v) is 39.5. The molecule has 0 amide bonds. The number of likely N-dealkylation sites (N-methyl/N-ethyl adjacent to an activating group) is 1. The van der Waals surface area contributed by atoms with E-state index in [4.69, 9.17) is 14.2 Å². The Hall–Kier alpha value is -2.19. The van der Waals surface area contributed by atoms with E-state index in [1.54, 1.807) is 0 Å². The van der Waals surface area contributed by atoms with Crippen LogP contribution in [-0.4, -0.2) is 80.6 Å². The first kappa shape index (κ1) is 56.8. The second-order valence-corrected chi connectivity index (χ2v) is 18.1. The van der Waals surface area contributed by atoms with E-state index in [1.165, 1.54) is 148 Å². The Labute approximate surface area is 364 Å². The molecule has 8 nitrogen and oxygen atoms in total. The molecule has 0 aliphatic rings. The van der Waals surface area contributed by atoms with E-state index in [9.17, 15) is 19.5 Å². The van der Waals surface area contributed by atoms with Crippen LogP contribution in [0.2, 0.25) is 0 Å². The number of hydrogen-bond donors (Lipinski definition) is 1. The van der Waals surface area contributed by atoms with Crippen LogP contribution in [0.25, 0.3) is 0 Å². The number of allylic oxidation sites excluding steroid dienone is 4. The predicted molar refractivity (Wildman–Crippen MR) is 248 cm³/mol. The maximum Gasteiger partial charge on any atom is 0.362 e. The zero-order chi connectivity index (χ0) is 43.5. The van der Waals surface area contributed by atoms with E-state index < -0.39 is 18.1 Å². The molecule has 59 heavy (non-hydrogen) atoms. The lowest BCUT2D eigenvalue weighted by Crippen LogP contribution is -2.50. The van der Waals surface area contributed by atoms with Crippen molar-refractivity contribution in [3.05, 3.63) is 24.3 Å². The number of nitrogens with zero attached hydrogens (tertiary/aromatic N) is 1. The molecule has 0 aromatic carbocycles. The Kier molecular flexibility index (Phi) is 40.9. The third-order valence-electron chi connectivity index (χ3n) is 11.3. The molecule has 0 aliphatic carbocycles. The monoisotopic (exact) mass is 835 g/mol. The maximum atomic E-state index is 12.8. The smallest absolute Gasteiger partial charge is 0.362 e. The van der Waals surface area contributed by atoms with Crippen molar-refractivity contribution in [2.45, 2.75) is 244 Å². The topological polar surface area (TPSA) is 99.1 Å². The molecule has 0 aromatic heterocycles. The number of hydrogen-bond acceptors (Lipinski definition) is 6. The van der Waals surface area contributed by atoms with Gasteiger partial charge in [-0.15, -0.1) is 0 Å². The number of esters is 2. The molecule has 0 saturated carbocycles. The molecule has 0 heterocycles. The van der Waals surface area contributed by atoms with Crippen LogP contribution >= 0.6 is 0 Å². The molecule has 0 aromatic rings. The van der Waals surface area contributed by atoms with E-state index in [0.29, 0.717) is 19.3 Å². The second-order valence-electron chi connectivity index (χ2n) is 18.1. The van der Waals surface area contributed by atoms with Crippen molar-refractivity contribution < 1.29 is 38.2 Å². The minimum absolute atomic E-state index is 0.0533. The molecule has 0 rings (SSSR count). The molecule has 1 N–H and O–H groups in total. The Morgan fingerprint density at radius 2 is 0.847 bits per heavy atom. The highest BCUT2D eigenvalue weighted by molar-refractivity contribution is 5.72. The van der Waals surface area contributed by atoms with E-state index in [0.717, 1.165) is 51.4 Å². The van der Waals surface area contributed by atoms with Gasteiger partial charge < -0.3 is 23.8 Å². The lowest BCUT2D eigenvalue weighted by molar-refractivity contribution is -0.887. The van der Waals surface area contributed by atoms with Crippen molar-refractivity contribution in [3.63, 3.8) is 0 Å². The van der Waals surface area contributed by atoms with Crippen LogP contribution in [0.5, 0.6) is 0 Å². The van der Waals surface area contributed by atoms with Crippen LogP contribution in [0.4, 0.5) is 0 Å². The van der Waals surface area contributed by atoms with Gasteiger partial charge in [-0.05, 0) is 64.2 Å². The number of carbonyl (C=O) groups excluding carboxylic acids is 2. The van der Waals surface area contributed by atoms with Crippen molar-refractivity contribution >= 4 is 17.9 Å². The summed E-state index contributed by atoms with van der Waals surface area (Å²) in [5, 5.41) is 9.64. The minimum atomic E-state index is -0.874. The number of aliphatic carboxylic acids is 1. The van der Waals surface area contributed by atoms with E-state index in [1.807, 2.05) is 21.1 Å². The number of carboxylic acid groups (broad SMARTS) is 1. The lowest BCUT2D eigenvalue weighted by Gasteiger charge is -2.31. The molecular weight excluding hydrogens is 739 g/mol. The van der Waals surface area contributed by atoms with E-state index in [-0.39, 0.29) is 36.2 Å². The predicted octanol–water partition coefficient (Wildman–Crippen LogP) is 14.0. The first-order valence-electron chi connectivity index (χ1n) is 24.9. The number of unbranched alkanes of at least 4 members (excludes halogenated alkanes) is 27. The molecule has 0 bridgehead atoms. The highest BCUT2D eigenvalue weighted by atomic mass is 16.6. The Bertz CT molecular complexity index is 1020. The molecular formula is C51H96NO7+. The molecule has 346 valence electrons. The highest BCUT2D eigenvalue weighted by Crippen LogP contribution is 2.15. The summed E-state index contributed by atoms with van der Waals surface area (Å²) >= 11 is 0. The van der Waals surface area contributed by atoms with Crippen LogP contribution in [0.15, 0.2) is 24.3 Å². The third-order valence-corrected chi connectivity index (χ3v) is 11.3. The standard InChI is InChI=1S/C51H95NO7/c1-6-8-10-12-14-16-18-20-22-24-26-28-30-32-34-36-38-40-42-50(54)59-47(45-57-44-43-48(51(55)56)52(3,4)5)46-58-49(53)41-39-37-35-33-31-29-27-25-23-21-19-17-15-13-11-9-7-2/h21,23,26,28,47-48H,6-20,22,24-25,27,29-46H2,1-5H3/p+1/b23-21+,28-26+. The largest absolute Gasteiger partial charge is 0.477 e. The maximum absolute atomic E-state index is 12.8. The van der Waals surface area contributed by atoms with Crippen LogP contribution in [0, 0.1) is 0 Å². The molecule has 0 saturated heterocycles. The van der Waals surface area contributed by atoms with Crippen LogP contribution in [0.3, 0.4) is 0 Å². The number of quaternary nitrogens is 1. The molecule has 0 spiro atoms. The quantitative estimate of drug-likeness (QED) is 0.0282. The van der Waals surface area contributed by atoms with Gasteiger partial charge in [-0.25, -0.2) is 4.79 Å². The van der Waals surface area contributed by atoms with Gasteiger partial charge in [-0.3, -0.25) is 9.59 Å². The first-order chi connectivity index (χ1) is 28.6. The zero-order valence-electron chi connectivity index (χ0n) is 39.5. The van der Waals surface area contributed by atoms with E-state index >= 15 is 0 Å². The van der Waals surface area contributed by atoms with Crippen molar-refractivity contribution in [1.29, 1.82) is 0 Å². The fourth-order valence-electron chi connectivity index (χ4n) is 7.43. The fourth-order valence-corrected chi connectivity index (χ4v) is 7.43. The van der Waals surface area contributed by atoms with Crippen molar-refractivity contribution in [2.75, 3.05) is 41.0 Å². The minimum Gasteiger partial charge on any atom is -0.477 e. The molecule has 2 unspecified atom stereocenters. The summed E-state index contributed by atoms with van der Waals surface area (Å²) in [6.45, 7) is 4.75. The molecule has 2 atom stereocenters. The van der Waals surface area contributed by atoms with Gasteiger partial charge in [-0.2, -0.15) is 0 Å². The van der Waals surface area contributed by atoms with Crippen molar-refractivity contribution in [3.8, 4) is 0 Å².